The molecule has 1 aliphatic rings. The summed E-state index contributed by atoms with van der Waals surface area (Å²) in [7, 11) is -1.03. The molecule has 2 aromatic heterocycles. The van der Waals surface area contributed by atoms with Gasteiger partial charge in [0.25, 0.3) is 5.16 Å². The molecule has 0 fully saturated rings. The lowest BCUT2D eigenvalue weighted by Crippen LogP contribution is -2.26. The SMILES string of the molecule is COc1ccc(CS(=O)(=O)c2nc(N3C=COCC3)c3ncn(C)c3n2)cc1[N+](=O)[O-]. The summed E-state index contributed by atoms with van der Waals surface area (Å²) in [6, 6.07) is 3.99. The van der Waals surface area contributed by atoms with Crippen molar-refractivity contribution in [2.75, 3.05) is 25.2 Å². The fourth-order valence-corrected chi connectivity index (χ4v) is 4.35. The summed E-state index contributed by atoms with van der Waals surface area (Å²) < 4.78 is 38.0. The normalized spacial score (nSPS) is 13.9. The molecule has 4 rings (SSSR count). The zero-order valence-corrected chi connectivity index (χ0v) is 17.4. The Morgan fingerprint density at radius 3 is 2.81 bits per heavy atom. The molecule has 0 aliphatic carbocycles. The standard InChI is InChI=1S/C18H18N6O6S/c1-22-11-19-15-16(22)20-18(21-17(15)23-5-7-30-8-6-23)31(27,28)10-12-3-4-14(29-2)13(9-12)24(25)26/h3-5,7,9,11H,6,8,10H2,1-2H3. The van der Waals surface area contributed by atoms with E-state index in [1.54, 1.807) is 22.7 Å². The van der Waals surface area contributed by atoms with Crippen LogP contribution in [0.5, 0.6) is 5.75 Å². The van der Waals surface area contributed by atoms with Gasteiger partial charge in [-0.15, -0.1) is 0 Å². The van der Waals surface area contributed by atoms with Crippen molar-refractivity contribution < 1.29 is 22.8 Å². The quantitative estimate of drug-likeness (QED) is 0.311. The number of aryl methyl sites for hydroxylation is 1. The molecule has 12 nitrogen and oxygen atoms in total. The maximum Gasteiger partial charge on any atom is 0.311 e. The highest BCUT2D eigenvalue weighted by Gasteiger charge is 2.26. The van der Waals surface area contributed by atoms with Gasteiger partial charge in [0.1, 0.15) is 6.61 Å². The number of hydrogen-bond acceptors (Lipinski definition) is 10. The van der Waals surface area contributed by atoms with Gasteiger partial charge in [-0.2, -0.15) is 9.97 Å². The number of benzene rings is 1. The molecular formula is C18H18N6O6S. The van der Waals surface area contributed by atoms with Crippen LogP contribution in [0, 0.1) is 10.1 Å². The maximum atomic E-state index is 13.1. The molecule has 0 N–H and O–H groups in total. The number of nitro groups is 1. The highest BCUT2D eigenvalue weighted by molar-refractivity contribution is 7.90. The Bertz CT molecular complexity index is 1300. The molecule has 0 radical (unpaired) electrons. The minimum absolute atomic E-state index is 0.0418. The van der Waals surface area contributed by atoms with Crippen LogP contribution in [0.25, 0.3) is 11.2 Å². The van der Waals surface area contributed by atoms with Gasteiger partial charge < -0.3 is 18.9 Å². The zero-order chi connectivity index (χ0) is 22.2. The number of imidazole rings is 1. The Morgan fingerprint density at radius 1 is 1.32 bits per heavy atom. The summed E-state index contributed by atoms with van der Waals surface area (Å²) in [4.78, 5) is 25.1. The van der Waals surface area contributed by atoms with Gasteiger partial charge in [0.15, 0.2) is 22.7 Å². The van der Waals surface area contributed by atoms with Gasteiger partial charge >= 0.3 is 5.69 Å². The Morgan fingerprint density at radius 2 is 2.13 bits per heavy atom. The van der Waals surface area contributed by atoms with E-state index in [-0.39, 0.29) is 17.0 Å². The number of methoxy groups -OCH3 is 1. The fourth-order valence-electron chi connectivity index (χ4n) is 3.15. The molecule has 1 aliphatic heterocycles. The predicted molar refractivity (Wildman–Crippen MR) is 109 cm³/mol. The van der Waals surface area contributed by atoms with E-state index in [9.17, 15) is 18.5 Å². The van der Waals surface area contributed by atoms with Crippen LogP contribution >= 0.6 is 0 Å². The largest absolute Gasteiger partial charge is 0.498 e. The summed E-state index contributed by atoms with van der Waals surface area (Å²) in [5.74, 6) is -0.135. The number of hydrogen-bond donors (Lipinski definition) is 0. The van der Waals surface area contributed by atoms with E-state index in [1.807, 2.05) is 0 Å². The van der Waals surface area contributed by atoms with Gasteiger partial charge in [-0.25, -0.2) is 13.4 Å². The minimum Gasteiger partial charge on any atom is -0.498 e. The van der Waals surface area contributed by atoms with Gasteiger partial charge in [0, 0.05) is 19.3 Å². The van der Waals surface area contributed by atoms with Crippen molar-refractivity contribution in [3.05, 3.63) is 52.7 Å². The zero-order valence-electron chi connectivity index (χ0n) is 16.6. The van der Waals surface area contributed by atoms with Crippen molar-refractivity contribution in [1.82, 2.24) is 19.5 Å². The summed E-state index contributed by atoms with van der Waals surface area (Å²) in [6.07, 6.45) is 4.66. The average molecular weight is 446 g/mol. The fraction of sp³-hybridized carbons (Fsp3) is 0.278. The first-order valence-electron chi connectivity index (χ1n) is 9.08. The van der Waals surface area contributed by atoms with Gasteiger partial charge in [0.05, 0.1) is 36.9 Å². The van der Waals surface area contributed by atoms with Crippen LogP contribution in [0.4, 0.5) is 11.5 Å². The van der Waals surface area contributed by atoms with Crippen LogP contribution in [0.3, 0.4) is 0 Å². The maximum absolute atomic E-state index is 13.1. The number of sulfone groups is 1. The number of anilines is 1. The molecule has 0 saturated heterocycles. The molecule has 1 aromatic carbocycles. The van der Waals surface area contributed by atoms with Gasteiger partial charge in [-0.3, -0.25) is 10.1 Å². The van der Waals surface area contributed by atoms with Crippen LogP contribution in [0.1, 0.15) is 5.56 Å². The Hall–Kier alpha value is -3.74. The van der Waals surface area contributed by atoms with Crippen molar-refractivity contribution in [1.29, 1.82) is 0 Å². The van der Waals surface area contributed by atoms with E-state index in [0.29, 0.717) is 30.1 Å². The number of ether oxygens (including phenoxy) is 2. The monoisotopic (exact) mass is 446 g/mol. The predicted octanol–water partition coefficient (Wildman–Crippen LogP) is 1.56. The summed E-state index contributed by atoms with van der Waals surface area (Å²) >= 11 is 0. The molecule has 3 aromatic rings. The molecule has 0 atom stereocenters. The summed E-state index contributed by atoms with van der Waals surface area (Å²) in [6.45, 7) is 0.871. The van der Waals surface area contributed by atoms with E-state index in [2.05, 4.69) is 15.0 Å². The molecular weight excluding hydrogens is 428 g/mol. The van der Waals surface area contributed by atoms with E-state index in [4.69, 9.17) is 9.47 Å². The van der Waals surface area contributed by atoms with Gasteiger partial charge in [0.2, 0.25) is 9.84 Å². The van der Waals surface area contributed by atoms with E-state index < -0.39 is 25.7 Å². The lowest BCUT2D eigenvalue weighted by atomic mass is 10.2. The third-order valence-corrected chi connectivity index (χ3v) is 6.11. The second kappa shape index (κ2) is 7.83. The number of nitrogens with zero attached hydrogens (tertiary/aromatic N) is 6. The first-order valence-corrected chi connectivity index (χ1v) is 10.7. The van der Waals surface area contributed by atoms with E-state index >= 15 is 0 Å². The molecule has 0 unspecified atom stereocenters. The second-order valence-corrected chi connectivity index (χ2v) is 8.61. The van der Waals surface area contributed by atoms with Crippen molar-refractivity contribution >= 4 is 32.5 Å². The third-order valence-electron chi connectivity index (χ3n) is 4.65. The number of nitro benzene ring substituents is 1. The van der Waals surface area contributed by atoms with Gasteiger partial charge in [-0.05, 0) is 11.6 Å². The van der Waals surface area contributed by atoms with Crippen LogP contribution in [0.2, 0.25) is 0 Å². The van der Waals surface area contributed by atoms with Gasteiger partial charge in [-0.1, -0.05) is 6.07 Å². The Kier molecular flexibility index (Phi) is 5.19. The van der Waals surface area contributed by atoms with Crippen LogP contribution in [-0.2, 0) is 27.4 Å². The highest BCUT2D eigenvalue weighted by atomic mass is 32.2. The van der Waals surface area contributed by atoms with Crippen molar-refractivity contribution in [2.24, 2.45) is 7.05 Å². The molecule has 162 valence electrons. The lowest BCUT2D eigenvalue weighted by Gasteiger charge is -2.22. The van der Waals surface area contributed by atoms with Crippen LogP contribution in [-0.4, -0.2) is 53.1 Å². The summed E-state index contributed by atoms with van der Waals surface area (Å²) in [5, 5.41) is 10.9. The van der Waals surface area contributed by atoms with E-state index in [1.165, 1.54) is 37.9 Å². The molecule has 0 bridgehead atoms. The molecule has 13 heteroatoms. The first kappa shape index (κ1) is 20.5. The molecule has 0 saturated carbocycles. The Balaban J connectivity index is 1.78. The molecule has 0 spiro atoms. The minimum atomic E-state index is -4.03. The summed E-state index contributed by atoms with van der Waals surface area (Å²) in [5.41, 5.74) is 0.698. The van der Waals surface area contributed by atoms with E-state index in [0.717, 1.165) is 0 Å². The Labute approximate surface area is 176 Å². The van der Waals surface area contributed by atoms with Crippen LogP contribution < -0.4 is 9.64 Å². The second-order valence-electron chi connectivity index (χ2n) is 6.73. The lowest BCUT2D eigenvalue weighted by molar-refractivity contribution is -0.385. The topological polar surface area (TPSA) is 143 Å². The number of aromatic nitrogens is 4. The molecule has 3 heterocycles. The third kappa shape index (κ3) is 3.86. The van der Waals surface area contributed by atoms with Crippen molar-refractivity contribution in [2.45, 2.75) is 10.9 Å². The number of fused-ring (bicyclic) bond motifs is 1. The number of rotatable bonds is 6. The first-order chi connectivity index (χ1) is 14.8. The molecule has 0 amide bonds. The van der Waals surface area contributed by atoms with Crippen molar-refractivity contribution in [3.8, 4) is 5.75 Å². The highest BCUT2D eigenvalue weighted by Crippen LogP contribution is 2.30. The van der Waals surface area contributed by atoms with Crippen LogP contribution in [0.15, 0.2) is 42.1 Å². The van der Waals surface area contributed by atoms with Crippen molar-refractivity contribution in [3.63, 3.8) is 0 Å². The smallest absolute Gasteiger partial charge is 0.311 e. The average Bonchev–Trinajstić information content (AvgIpc) is 3.14. The molecule has 31 heavy (non-hydrogen) atoms.